The Kier molecular flexibility index (Phi) is 2.20. The number of hydroxylamine groups is 3. The van der Waals surface area contributed by atoms with Gasteiger partial charge in [-0.1, -0.05) is 6.42 Å². The molecule has 0 radical (unpaired) electrons. The predicted molar refractivity (Wildman–Crippen MR) is 50.6 cm³/mol. The zero-order valence-corrected chi connectivity index (χ0v) is 8.51. The minimum atomic E-state index is -1.86. The molecule has 1 fully saturated rings. The third kappa shape index (κ3) is 1.18. The second kappa shape index (κ2) is 3.18. The van der Waals surface area contributed by atoms with Gasteiger partial charge < -0.3 is 15.5 Å². The average Bonchev–Trinajstić information content (AvgIpc) is 2.43. The molecule has 2 rings (SSSR count). The molecule has 0 aromatic carbocycles. The van der Waals surface area contributed by atoms with Crippen LogP contribution in [0.5, 0.6) is 0 Å². The summed E-state index contributed by atoms with van der Waals surface area (Å²) in [6, 6.07) is -0.419. The van der Waals surface area contributed by atoms with Crippen molar-refractivity contribution in [3.8, 4) is 0 Å². The fraction of sp³-hybridized carbons (Fsp3) is 0.778. The lowest BCUT2D eigenvalue weighted by atomic mass is 9.94. The largest absolute Gasteiger partial charge is 0.622 e. The summed E-state index contributed by atoms with van der Waals surface area (Å²) in [5.74, 6) is -1.32. The van der Waals surface area contributed by atoms with Gasteiger partial charge in [0.2, 0.25) is 0 Å². The summed E-state index contributed by atoms with van der Waals surface area (Å²) < 4.78 is 0.458. The number of hydrogen-bond acceptors (Lipinski definition) is 4. The van der Waals surface area contributed by atoms with Crippen LogP contribution in [0.4, 0.5) is 0 Å². The summed E-state index contributed by atoms with van der Waals surface area (Å²) in [5.41, 5.74) is -1.36. The molecule has 0 aromatic rings. The van der Waals surface area contributed by atoms with Crippen molar-refractivity contribution >= 4 is 11.7 Å². The standard InChI is InChI=1S/C9H14N2O4/c1-9(8(12)13)10(14)6-4-2-3-5-7(6)11(9)15/h6,14H,2-5H2,1H3,(H,12,13). The zero-order chi connectivity index (χ0) is 11.2. The van der Waals surface area contributed by atoms with Crippen molar-refractivity contribution in [2.75, 3.05) is 0 Å². The van der Waals surface area contributed by atoms with Gasteiger partial charge in [0.25, 0.3) is 0 Å². The summed E-state index contributed by atoms with van der Waals surface area (Å²) in [7, 11) is 0. The predicted octanol–water partition coefficient (Wildman–Crippen LogP) is 0.386. The van der Waals surface area contributed by atoms with Gasteiger partial charge in [-0.05, 0) is 12.8 Å². The van der Waals surface area contributed by atoms with E-state index < -0.39 is 17.7 Å². The Hall–Kier alpha value is -1.14. The lowest BCUT2D eigenvalue weighted by Crippen LogP contribution is -2.54. The second-order valence-electron chi connectivity index (χ2n) is 4.22. The molecule has 84 valence electrons. The fourth-order valence-electron chi connectivity index (χ4n) is 2.34. The van der Waals surface area contributed by atoms with E-state index in [1.54, 1.807) is 0 Å². The molecule has 2 atom stereocenters. The van der Waals surface area contributed by atoms with E-state index in [0.29, 0.717) is 28.4 Å². The highest BCUT2D eigenvalue weighted by Crippen LogP contribution is 2.32. The SMILES string of the molecule is CC1(C(=O)O)N(O)C2CCCCC2=[N+]1[O-]. The van der Waals surface area contributed by atoms with E-state index in [2.05, 4.69) is 0 Å². The molecular formula is C9H14N2O4. The first-order chi connectivity index (χ1) is 6.99. The number of carboxylic acids is 1. The van der Waals surface area contributed by atoms with Gasteiger partial charge in [-0.3, -0.25) is 0 Å². The Labute approximate surface area is 87.0 Å². The Morgan fingerprint density at radius 3 is 2.87 bits per heavy atom. The molecule has 1 aliphatic carbocycles. The zero-order valence-electron chi connectivity index (χ0n) is 8.51. The lowest BCUT2D eigenvalue weighted by Gasteiger charge is -2.26. The highest BCUT2D eigenvalue weighted by Gasteiger charge is 2.60. The molecule has 15 heavy (non-hydrogen) atoms. The van der Waals surface area contributed by atoms with Crippen molar-refractivity contribution in [1.82, 2.24) is 5.06 Å². The second-order valence-corrected chi connectivity index (χ2v) is 4.22. The van der Waals surface area contributed by atoms with Crippen LogP contribution in [0, 0.1) is 5.21 Å². The Balaban J connectivity index is 2.44. The van der Waals surface area contributed by atoms with E-state index in [-0.39, 0.29) is 0 Å². The molecule has 6 heteroatoms. The Bertz CT molecular complexity index is 341. The van der Waals surface area contributed by atoms with Crippen LogP contribution in [0.15, 0.2) is 0 Å². The van der Waals surface area contributed by atoms with Crippen molar-refractivity contribution in [3.05, 3.63) is 5.21 Å². The molecule has 1 aliphatic heterocycles. The maximum atomic E-state index is 11.8. The van der Waals surface area contributed by atoms with Crippen molar-refractivity contribution in [2.45, 2.75) is 44.3 Å². The van der Waals surface area contributed by atoms with Crippen LogP contribution in [0.2, 0.25) is 0 Å². The number of hydrogen-bond donors (Lipinski definition) is 2. The van der Waals surface area contributed by atoms with E-state index in [1.807, 2.05) is 0 Å². The van der Waals surface area contributed by atoms with Crippen molar-refractivity contribution in [1.29, 1.82) is 0 Å². The van der Waals surface area contributed by atoms with Crippen molar-refractivity contribution in [2.24, 2.45) is 0 Å². The number of rotatable bonds is 1. The maximum Gasteiger partial charge on any atom is 0.396 e. The molecule has 0 spiro atoms. The van der Waals surface area contributed by atoms with Gasteiger partial charge in [-0.25, -0.2) is 4.79 Å². The van der Waals surface area contributed by atoms with E-state index in [0.717, 1.165) is 12.8 Å². The smallest absolute Gasteiger partial charge is 0.396 e. The van der Waals surface area contributed by atoms with Gasteiger partial charge in [-0.2, -0.15) is 4.74 Å². The number of carbonyl (C=O) groups is 1. The number of carboxylic acid groups (broad SMARTS) is 1. The van der Waals surface area contributed by atoms with E-state index >= 15 is 0 Å². The first-order valence-corrected chi connectivity index (χ1v) is 5.04. The lowest BCUT2D eigenvalue weighted by molar-refractivity contribution is -0.568. The molecular weight excluding hydrogens is 200 g/mol. The topological polar surface area (TPSA) is 86.8 Å². The van der Waals surface area contributed by atoms with Gasteiger partial charge in [-0.15, -0.1) is 5.06 Å². The summed E-state index contributed by atoms with van der Waals surface area (Å²) >= 11 is 0. The summed E-state index contributed by atoms with van der Waals surface area (Å²) in [4.78, 5) is 11.0. The normalized spacial score (nSPS) is 36.8. The van der Waals surface area contributed by atoms with Crippen LogP contribution in [-0.2, 0) is 4.79 Å². The summed E-state index contributed by atoms with van der Waals surface area (Å²) in [6.07, 6.45) is 3.02. The van der Waals surface area contributed by atoms with Gasteiger partial charge in [0.05, 0.1) is 0 Å². The van der Waals surface area contributed by atoms with Crippen LogP contribution in [0.25, 0.3) is 0 Å². The summed E-state index contributed by atoms with van der Waals surface area (Å²) in [6.45, 7) is 1.23. The Morgan fingerprint density at radius 1 is 1.67 bits per heavy atom. The number of nitrogens with zero attached hydrogens (tertiary/aromatic N) is 2. The third-order valence-corrected chi connectivity index (χ3v) is 3.35. The number of aliphatic carboxylic acids is 1. The van der Waals surface area contributed by atoms with E-state index in [4.69, 9.17) is 5.11 Å². The number of fused-ring (bicyclic) bond motifs is 1. The third-order valence-electron chi connectivity index (χ3n) is 3.35. The summed E-state index contributed by atoms with van der Waals surface area (Å²) in [5, 5.41) is 31.3. The molecule has 2 N–H and O–H groups in total. The molecule has 1 heterocycles. The van der Waals surface area contributed by atoms with Crippen molar-refractivity contribution < 1.29 is 19.8 Å². The van der Waals surface area contributed by atoms with Crippen LogP contribution >= 0.6 is 0 Å². The monoisotopic (exact) mass is 214 g/mol. The van der Waals surface area contributed by atoms with E-state index in [1.165, 1.54) is 6.92 Å². The molecule has 2 aliphatic rings. The molecule has 0 bridgehead atoms. The van der Waals surface area contributed by atoms with Gasteiger partial charge >= 0.3 is 11.6 Å². The molecule has 6 nitrogen and oxygen atoms in total. The molecule has 2 unspecified atom stereocenters. The molecule has 0 amide bonds. The minimum absolute atomic E-state index is 0.419. The quantitative estimate of drug-likeness (QED) is 0.487. The molecule has 0 aromatic heterocycles. The van der Waals surface area contributed by atoms with Crippen LogP contribution < -0.4 is 0 Å². The Morgan fingerprint density at radius 2 is 2.33 bits per heavy atom. The molecule has 1 saturated carbocycles. The molecule has 0 saturated heterocycles. The highest BCUT2D eigenvalue weighted by atomic mass is 16.6. The van der Waals surface area contributed by atoms with Crippen LogP contribution in [0.1, 0.15) is 32.6 Å². The van der Waals surface area contributed by atoms with E-state index in [9.17, 15) is 15.2 Å². The van der Waals surface area contributed by atoms with Crippen molar-refractivity contribution in [3.63, 3.8) is 0 Å². The highest BCUT2D eigenvalue weighted by molar-refractivity contribution is 5.90. The van der Waals surface area contributed by atoms with Gasteiger partial charge in [0, 0.05) is 13.3 Å². The van der Waals surface area contributed by atoms with Gasteiger partial charge in [0.1, 0.15) is 6.04 Å². The van der Waals surface area contributed by atoms with Crippen LogP contribution in [-0.4, -0.2) is 43.5 Å². The fourth-order valence-corrected chi connectivity index (χ4v) is 2.34. The first kappa shape index (κ1) is 10.4. The first-order valence-electron chi connectivity index (χ1n) is 5.04. The minimum Gasteiger partial charge on any atom is -0.622 e. The van der Waals surface area contributed by atoms with Gasteiger partial charge in [0.15, 0.2) is 5.71 Å². The average molecular weight is 214 g/mol. The maximum absolute atomic E-state index is 11.8. The van der Waals surface area contributed by atoms with Crippen LogP contribution in [0.3, 0.4) is 0 Å².